The lowest BCUT2D eigenvalue weighted by molar-refractivity contribution is -0.134. The van der Waals surface area contributed by atoms with Crippen molar-refractivity contribution in [3.8, 4) is 11.5 Å². The van der Waals surface area contributed by atoms with E-state index in [1.807, 2.05) is 23.1 Å². The van der Waals surface area contributed by atoms with Crippen molar-refractivity contribution in [3.05, 3.63) is 23.8 Å². The molecule has 1 aliphatic heterocycles. The van der Waals surface area contributed by atoms with Crippen LogP contribution in [0.1, 0.15) is 12.5 Å². The Kier molecular flexibility index (Phi) is 7.61. The second kappa shape index (κ2) is 8.96. The maximum Gasteiger partial charge on any atom is 0.239 e. The maximum absolute atomic E-state index is 11.9. The summed E-state index contributed by atoms with van der Waals surface area (Å²) in [6.45, 7) is 5.60. The van der Waals surface area contributed by atoms with Gasteiger partial charge in [0, 0.05) is 38.3 Å². The largest absolute Gasteiger partial charge is 0.497 e. The van der Waals surface area contributed by atoms with Crippen LogP contribution < -0.4 is 15.2 Å². The zero-order chi connectivity index (χ0) is 16.1. The Morgan fingerprint density at radius 2 is 1.87 bits per heavy atom. The van der Waals surface area contributed by atoms with E-state index in [2.05, 4.69) is 4.90 Å². The fourth-order valence-electron chi connectivity index (χ4n) is 2.66. The van der Waals surface area contributed by atoms with Crippen molar-refractivity contribution in [2.75, 3.05) is 40.4 Å². The Hall–Kier alpha value is -1.50. The highest BCUT2D eigenvalue weighted by molar-refractivity contribution is 5.85. The fourth-order valence-corrected chi connectivity index (χ4v) is 2.66. The number of ether oxygens (including phenoxy) is 2. The topological polar surface area (TPSA) is 68.0 Å². The smallest absolute Gasteiger partial charge is 0.239 e. The zero-order valence-electron chi connectivity index (χ0n) is 13.9. The number of piperazine rings is 1. The summed E-state index contributed by atoms with van der Waals surface area (Å²) in [6, 6.07) is 5.38. The summed E-state index contributed by atoms with van der Waals surface area (Å²) in [4.78, 5) is 16.0. The Labute approximate surface area is 143 Å². The molecule has 0 saturated carbocycles. The first-order chi connectivity index (χ1) is 10.5. The predicted molar refractivity (Wildman–Crippen MR) is 92.3 cm³/mol. The summed E-state index contributed by atoms with van der Waals surface area (Å²) in [5, 5.41) is 0. The SMILES string of the molecule is COc1ccc(OC)c(CN2CCN(C(=O)C(C)N)CC2)c1.Cl. The minimum Gasteiger partial charge on any atom is -0.497 e. The van der Waals surface area contributed by atoms with Gasteiger partial charge in [0.05, 0.1) is 20.3 Å². The van der Waals surface area contributed by atoms with Crippen LogP contribution in [-0.4, -0.2) is 62.1 Å². The molecule has 1 atom stereocenters. The average Bonchev–Trinajstić information content (AvgIpc) is 2.54. The second-order valence-corrected chi connectivity index (χ2v) is 5.57. The van der Waals surface area contributed by atoms with Gasteiger partial charge in [0.15, 0.2) is 0 Å². The van der Waals surface area contributed by atoms with Gasteiger partial charge in [-0.2, -0.15) is 0 Å². The predicted octanol–water partition coefficient (Wildman–Crippen LogP) is 1.12. The van der Waals surface area contributed by atoms with Crippen LogP contribution in [0.4, 0.5) is 0 Å². The Balaban J connectivity index is 0.00000264. The normalized spacial score (nSPS) is 16.4. The van der Waals surface area contributed by atoms with Crippen LogP contribution in [-0.2, 0) is 11.3 Å². The average molecular weight is 344 g/mol. The van der Waals surface area contributed by atoms with E-state index in [1.54, 1.807) is 21.1 Å². The number of carbonyl (C=O) groups excluding carboxylic acids is 1. The number of nitrogens with two attached hydrogens (primary N) is 1. The van der Waals surface area contributed by atoms with Crippen molar-refractivity contribution in [1.82, 2.24) is 9.80 Å². The summed E-state index contributed by atoms with van der Waals surface area (Å²) in [6.07, 6.45) is 0. The van der Waals surface area contributed by atoms with Crippen molar-refractivity contribution in [2.24, 2.45) is 5.73 Å². The minimum atomic E-state index is -0.426. The van der Waals surface area contributed by atoms with Crippen molar-refractivity contribution in [2.45, 2.75) is 19.5 Å². The fraction of sp³-hybridized carbons (Fsp3) is 0.562. The Morgan fingerprint density at radius 1 is 1.22 bits per heavy atom. The molecule has 0 bridgehead atoms. The number of hydrogen-bond acceptors (Lipinski definition) is 5. The molecular weight excluding hydrogens is 318 g/mol. The number of amides is 1. The molecule has 7 heteroatoms. The summed E-state index contributed by atoms with van der Waals surface area (Å²) in [5.74, 6) is 1.70. The first-order valence-corrected chi connectivity index (χ1v) is 7.52. The second-order valence-electron chi connectivity index (χ2n) is 5.57. The van der Waals surface area contributed by atoms with Crippen molar-refractivity contribution in [3.63, 3.8) is 0 Å². The Bertz CT molecular complexity index is 517. The number of carbonyl (C=O) groups is 1. The molecule has 130 valence electrons. The molecule has 0 radical (unpaired) electrons. The van der Waals surface area contributed by atoms with Gasteiger partial charge in [-0.15, -0.1) is 12.4 Å². The standard InChI is InChI=1S/C16H25N3O3.ClH/c1-12(17)16(20)19-8-6-18(7-9-19)11-13-10-14(21-2)4-5-15(13)22-3;/h4-5,10,12H,6-9,11,17H2,1-3H3;1H. The maximum atomic E-state index is 11.9. The molecular formula is C16H26ClN3O3. The molecule has 1 aromatic carbocycles. The first kappa shape index (κ1) is 19.5. The number of nitrogens with zero attached hydrogens (tertiary/aromatic N) is 2. The van der Waals surface area contributed by atoms with Crippen molar-refractivity contribution in [1.29, 1.82) is 0 Å². The van der Waals surface area contributed by atoms with Crippen LogP contribution in [0.2, 0.25) is 0 Å². The number of rotatable bonds is 5. The van der Waals surface area contributed by atoms with Gasteiger partial charge in [-0.1, -0.05) is 0 Å². The highest BCUT2D eigenvalue weighted by atomic mass is 35.5. The van der Waals surface area contributed by atoms with E-state index in [4.69, 9.17) is 15.2 Å². The number of hydrogen-bond donors (Lipinski definition) is 1. The molecule has 1 aliphatic rings. The quantitative estimate of drug-likeness (QED) is 0.867. The van der Waals surface area contributed by atoms with E-state index in [0.29, 0.717) is 13.1 Å². The van der Waals surface area contributed by atoms with E-state index in [9.17, 15) is 4.79 Å². The van der Waals surface area contributed by atoms with Crippen LogP contribution in [0.25, 0.3) is 0 Å². The highest BCUT2D eigenvalue weighted by Gasteiger charge is 2.23. The van der Waals surface area contributed by atoms with E-state index < -0.39 is 6.04 Å². The van der Waals surface area contributed by atoms with Gasteiger partial charge in [-0.3, -0.25) is 9.69 Å². The molecule has 1 amide bonds. The first-order valence-electron chi connectivity index (χ1n) is 7.52. The minimum absolute atomic E-state index is 0. The molecule has 1 fully saturated rings. The molecule has 1 heterocycles. The molecule has 1 saturated heterocycles. The van der Waals surface area contributed by atoms with Crippen LogP contribution >= 0.6 is 12.4 Å². The lowest BCUT2D eigenvalue weighted by Crippen LogP contribution is -2.52. The van der Waals surface area contributed by atoms with E-state index in [0.717, 1.165) is 36.7 Å². The third kappa shape index (κ3) is 4.99. The molecule has 6 nitrogen and oxygen atoms in total. The van der Waals surface area contributed by atoms with E-state index in [1.165, 1.54) is 0 Å². The van der Waals surface area contributed by atoms with Crippen LogP contribution in [0.3, 0.4) is 0 Å². The monoisotopic (exact) mass is 343 g/mol. The molecule has 2 N–H and O–H groups in total. The number of benzene rings is 1. The molecule has 0 spiro atoms. The lowest BCUT2D eigenvalue weighted by atomic mass is 10.1. The summed E-state index contributed by atoms with van der Waals surface area (Å²) in [5.41, 5.74) is 6.75. The summed E-state index contributed by atoms with van der Waals surface area (Å²) >= 11 is 0. The van der Waals surface area contributed by atoms with Gasteiger partial charge in [0.1, 0.15) is 11.5 Å². The molecule has 23 heavy (non-hydrogen) atoms. The van der Waals surface area contributed by atoms with Crippen LogP contribution in [0.5, 0.6) is 11.5 Å². The van der Waals surface area contributed by atoms with Gasteiger partial charge in [0.25, 0.3) is 0 Å². The molecule has 1 aromatic rings. The summed E-state index contributed by atoms with van der Waals surface area (Å²) in [7, 11) is 3.33. The highest BCUT2D eigenvalue weighted by Crippen LogP contribution is 2.25. The summed E-state index contributed by atoms with van der Waals surface area (Å²) < 4.78 is 10.7. The van der Waals surface area contributed by atoms with Gasteiger partial charge in [0.2, 0.25) is 5.91 Å². The van der Waals surface area contributed by atoms with Gasteiger partial charge < -0.3 is 20.1 Å². The van der Waals surface area contributed by atoms with E-state index >= 15 is 0 Å². The van der Waals surface area contributed by atoms with Crippen molar-refractivity contribution < 1.29 is 14.3 Å². The third-order valence-electron chi connectivity index (χ3n) is 3.96. The molecule has 2 rings (SSSR count). The molecule has 0 aliphatic carbocycles. The van der Waals surface area contributed by atoms with Crippen LogP contribution in [0, 0.1) is 0 Å². The zero-order valence-corrected chi connectivity index (χ0v) is 14.8. The van der Waals surface area contributed by atoms with E-state index in [-0.39, 0.29) is 18.3 Å². The van der Waals surface area contributed by atoms with Gasteiger partial charge in [-0.05, 0) is 25.1 Å². The van der Waals surface area contributed by atoms with Crippen LogP contribution in [0.15, 0.2) is 18.2 Å². The molecule has 1 unspecified atom stereocenters. The number of halogens is 1. The third-order valence-corrected chi connectivity index (χ3v) is 3.96. The van der Waals surface area contributed by atoms with Gasteiger partial charge >= 0.3 is 0 Å². The molecule has 0 aromatic heterocycles. The van der Waals surface area contributed by atoms with Gasteiger partial charge in [-0.25, -0.2) is 0 Å². The lowest BCUT2D eigenvalue weighted by Gasteiger charge is -2.35. The number of methoxy groups -OCH3 is 2. The Morgan fingerprint density at radius 3 is 2.39 bits per heavy atom. The van der Waals surface area contributed by atoms with Crippen molar-refractivity contribution >= 4 is 18.3 Å².